The molecule has 0 saturated carbocycles. The summed E-state index contributed by atoms with van der Waals surface area (Å²) in [6.07, 6.45) is 2.05. The smallest absolute Gasteiger partial charge is 0.178 e. The first-order valence-corrected chi connectivity index (χ1v) is 7.81. The highest BCUT2D eigenvalue weighted by Crippen LogP contribution is 2.15. The van der Waals surface area contributed by atoms with E-state index >= 15 is 0 Å². The first-order valence-electron chi connectivity index (χ1n) is 6.16. The summed E-state index contributed by atoms with van der Waals surface area (Å²) in [5, 5.41) is 3.25. The first kappa shape index (κ1) is 15.0. The summed E-state index contributed by atoms with van der Waals surface area (Å²) < 4.78 is 28.2. The van der Waals surface area contributed by atoms with Gasteiger partial charge < -0.3 is 10.1 Å². The highest BCUT2D eigenvalue weighted by atomic mass is 32.2. The van der Waals surface area contributed by atoms with Crippen LogP contribution in [0.3, 0.4) is 0 Å². The molecule has 1 aromatic rings. The average molecular weight is 271 g/mol. The van der Waals surface area contributed by atoms with Crippen molar-refractivity contribution in [3.63, 3.8) is 0 Å². The van der Waals surface area contributed by atoms with Crippen LogP contribution in [0.5, 0.6) is 0 Å². The summed E-state index contributed by atoms with van der Waals surface area (Å²) in [4.78, 5) is 0.384. The molecular formula is C13H21NO3S. The van der Waals surface area contributed by atoms with Crippen LogP contribution in [-0.2, 0) is 14.6 Å². The Balaban J connectivity index is 2.46. The van der Waals surface area contributed by atoms with E-state index in [0.717, 1.165) is 31.7 Å². The van der Waals surface area contributed by atoms with Gasteiger partial charge in [-0.05, 0) is 37.1 Å². The Kier molecular flexibility index (Phi) is 6.15. The van der Waals surface area contributed by atoms with E-state index in [1.54, 1.807) is 38.3 Å². The van der Waals surface area contributed by atoms with Gasteiger partial charge in [0.15, 0.2) is 9.84 Å². The maximum absolute atomic E-state index is 11.6. The first-order chi connectivity index (χ1) is 8.60. The standard InChI is InChI=1S/C13H21NO3S/c1-3-18(15,16)13-8-6-12(7-9-13)14-10-4-5-11-17-2/h6-9,14H,3-5,10-11H2,1-2H3. The van der Waals surface area contributed by atoms with Gasteiger partial charge in [0.2, 0.25) is 0 Å². The zero-order valence-corrected chi connectivity index (χ0v) is 11.8. The van der Waals surface area contributed by atoms with Crippen molar-refractivity contribution < 1.29 is 13.2 Å². The minimum absolute atomic E-state index is 0.136. The van der Waals surface area contributed by atoms with Gasteiger partial charge >= 0.3 is 0 Å². The van der Waals surface area contributed by atoms with Crippen molar-refractivity contribution in [3.8, 4) is 0 Å². The highest BCUT2D eigenvalue weighted by molar-refractivity contribution is 7.91. The second kappa shape index (κ2) is 7.38. The summed E-state index contributed by atoms with van der Waals surface area (Å²) in [6.45, 7) is 3.29. The monoisotopic (exact) mass is 271 g/mol. The number of methoxy groups -OCH3 is 1. The van der Waals surface area contributed by atoms with Gasteiger partial charge in [-0.2, -0.15) is 0 Å². The Bertz CT molecular complexity index is 440. The molecule has 0 unspecified atom stereocenters. The zero-order valence-electron chi connectivity index (χ0n) is 11.0. The SMILES string of the molecule is CCS(=O)(=O)c1ccc(NCCCCOC)cc1. The molecule has 102 valence electrons. The lowest BCUT2D eigenvalue weighted by molar-refractivity contribution is 0.194. The van der Waals surface area contributed by atoms with Crippen LogP contribution in [0, 0.1) is 0 Å². The van der Waals surface area contributed by atoms with Gasteiger partial charge in [-0.3, -0.25) is 0 Å². The van der Waals surface area contributed by atoms with Gasteiger partial charge in [0.1, 0.15) is 0 Å². The Hall–Kier alpha value is -1.07. The van der Waals surface area contributed by atoms with Crippen molar-refractivity contribution >= 4 is 15.5 Å². The number of benzene rings is 1. The minimum atomic E-state index is -3.09. The fraction of sp³-hybridized carbons (Fsp3) is 0.538. The topological polar surface area (TPSA) is 55.4 Å². The zero-order chi connectivity index (χ0) is 13.4. The van der Waals surface area contributed by atoms with Gasteiger partial charge in [0.25, 0.3) is 0 Å². The van der Waals surface area contributed by atoms with Crippen LogP contribution in [-0.4, -0.2) is 34.4 Å². The summed E-state index contributed by atoms with van der Waals surface area (Å²) in [6, 6.07) is 6.91. The van der Waals surface area contributed by atoms with Crippen LogP contribution in [0.4, 0.5) is 5.69 Å². The summed E-state index contributed by atoms with van der Waals surface area (Å²) in [5.74, 6) is 0.136. The predicted octanol–water partition coefficient (Wildman–Crippen LogP) is 2.32. The van der Waals surface area contributed by atoms with E-state index < -0.39 is 9.84 Å². The Morgan fingerprint density at radius 2 is 1.83 bits per heavy atom. The number of rotatable bonds is 8. The van der Waals surface area contributed by atoms with Gasteiger partial charge in [-0.15, -0.1) is 0 Å². The number of hydrogen-bond donors (Lipinski definition) is 1. The van der Waals surface area contributed by atoms with E-state index in [1.165, 1.54) is 0 Å². The van der Waals surface area contributed by atoms with E-state index in [4.69, 9.17) is 4.74 Å². The highest BCUT2D eigenvalue weighted by Gasteiger charge is 2.10. The third kappa shape index (κ3) is 4.66. The van der Waals surface area contributed by atoms with Crippen molar-refractivity contribution in [3.05, 3.63) is 24.3 Å². The van der Waals surface area contributed by atoms with E-state index in [0.29, 0.717) is 4.90 Å². The molecule has 0 atom stereocenters. The Morgan fingerprint density at radius 1 is 1.17 bits per heavy atom. The Labute approximate surface area is 109 Å². The van der Waals surface area contributed by atoms with E-state index in [1.807, 2.05) is 0 Å². The quantitative estimate of drug-likeness (QED) is 0.737. The molecule has 0 bridgehead atoms. The van der Waals surface area contributed by atoms with Crippen molar-refractivity contribution in [2.75, 3.05) is 31.3 Å². The molecule has 5 heteroatoms. The number of anilines is 1. The lowest BCUT2D eigenvalue weighted by atomic mass is 10.3. The molecule has 0 heterocycles. The van der Waals surface area contributed by atoms with Crippen molar-refractivity contribution in [2.45, 2.75) is 24.7 Å². The van der Waals surface area contributed by atoms with Crippen LogP contribution in [0.25, 0.3) is 0 Å². The van der Waals surface area contributed by atoms with Gasteiger partial charge in [-0.1, -0.05) is 6.92 Å². The number of ether oxygens (including phenoxy) is 1. The third-order valence-electron chi connectivity index (χ3n) is 2.70. The fourth-order valence-corrected chi connectivity index (χ4v) is 2.44. The number of sulfone groups is 1. The maximum Gasteiger partial charge on any atom is 0.178 e. The molecule has 0 aliphatic carbocycles. The van der Waals surface area contributed by atoms with E-state index in [-0.39, 0.29) is 5.75 Å². The minimum Gasteiger partial charge on any atom is -0.385 e. The molecule has 1 N–H and O–H groups in total. The molecule has 0 spiro atoms. The molecule has 0 radical (unpaired) electrons. The lowest BCUT2D eigenvalue weighted by Gasteiger charge is -2.07. The van der Waals surface area contributed by atoms with E-state index in [9.17, 15) is 8.42 Å². The summed E-state index contributed by atoms with van der Waals surface area (Å²) in [5.41, 5.74) is 0.947. The second-order valence-electron chi connectivity index (χ2n) is 4.05. The summed E-state index contributed by atoms with van der Waals surface area (Å²) in [7, 11) is -1.40. The molecule has 1 rings (SSSR count). The molecule has 0 amide bonds. The van der Waals surface area contributed by atoms with Gasteiger partial charge in [-0.25, -0.2) is 8.42 Å². The molecule has 0 aliphatic rings. The molecule has 4 nitrogen and oxygen atoms in total. The van der Waals surface area contributed by atoms with Crippen molar-refractivity contribution in [1.29, 1.82) is 0 Å². The third-order valence-corrected chi connectivity index (χ3v) is 4.45. The molecule has 0 fully saturated rings. The van der Waals surface area contributed by atoms with Crippen LogP contribution >= 0.6 is 0 Å². The second-order valence-corrected chi connectivity index (χ2v) is 6.33. The van der Waals surface area contributed by atoms with Crippen LogP contribution in [0.1, 0.15) is 19.8 Å². The largest absolute Gasteiger partial charge is 0.385 e. The fourth-order valence-electron chi connectivity index (χ4n) is 1.55. The summed E-state index contributed by atoms with van der Waals surface area (Å²) >= 11 is 0. The molecule has 1 aromatic carbocycles. The average Bonchev–Trinajstić information content (AvgIpc) is 2.39. The van der Waals surface area contributed by atoms with E-state index in [2.05, 4.69) is 5.32 Å². The van der Waals surface area contributed by atoms with Gasteiger partial charge in [0.05, 0.1) is 10.6 Å². The molecule has 0 aromatic heterocycles. The number of unbranched alkanes of at least 4 members (excludes halogenated alkanes) is 1. The molecule has 0 aliphatic heterocycles. The van der Waals surface area contributed by atoms with Crippen molar-refractivity contribution in [2.24, 2.45) is 0 Å². The lowest BCUT2D eigenvalue weighted by Crippen LogP contribution is -2.05. The number of nitrogens with one attached hydrogen (secondary N) is 1. The number of hydrogen-bond acceptors (Lipinski definition) is 4. The molecule has 18 heavy (non-hydrogen) atoms. The normalized spacial score (nSPS) is 11.4. The predicted molar refractivity (Wildman–Crippen MR) is 73.8 cm³/mol. The Morgan fingerprint density at radius 3 is 2.39 bits per heavy atom. The van der Waals surface area contributed by atoms with Crippen LogP contribution in [0.2, 0.25) is 0 Å². The van der Waals surface area contributed by atoms with Crippen LogP contribution < -0.4 is 5.32 Å². The maximum atomic E-state index is 11.6. The molecule has 0 saturated heterocycles. The van der Waals surface area contributed by atoms with Gasteiger partial charge in [0, 0.05) is 25.9 Å². The molecular weight excluding hydrogens is 250 g/mol. The van der Waals surface area contributed by atoms with Crippen molar-refractivity contribution in [1.82, 2.24) is 0 Å². The van der Waals surface area contributed by atoms with Crippen LogP contribution in [0.15, 0.2) is 29.2 Å².